The molecule has 5 rings (SSSR count). The van der Waals surface area contributed by atoms with Gasteiger partial charge in [0.2, 0.25) is 0 Å². The molecule has 0 aliphatic heterocycles. The summed E-state index contributed by atoms with van der Waals surface area (Å²) in [5.41, 5.74) is 9.44. The maximum absolute atomic E-state index is 13.4. The average molecular weight is 340 g/mol. The number of allylic oxidation sites excluding steroid dienone is 4. The van der Waals surface area contributed by atoms with Gasteiger partial charge in [0.25, 0.3) is 0 Å². The maximum Gasteiger partial charge on any atom is 0.123 e. The molecule has 0 saturated heterocycles. The van der Waals surface area contributed by atoms with Crippen molar-refractivity contribution in [3.8, 4) is 11.1 Å². The van der Waals surface area contributed by atoms with Gasteiger partial charge in [-0.25, -0.2) is 4.39 Å². The summed E-state index contributed by atoms with van der Waals surface area (Å²) in [5, 5.41) is 2.62. The van der Waals surface area contributed by atoms with Gasteiger partial charge in [-0.3, -0.25) is 0 Å². The van der Waals surface area contributed by atoms with Crippen molar-refractivity contribution in [2.75, 3.05) is 0 Å². The Balaban J connectivity index is 1.82. The third-order valence-corrected chi connectivity index (χ3v) is 5.77. The second kappa shape index (κ2) is 5.95. The second-order valence-corrected chi connectivity index (χ2v) is 7.47. The van der Waals surface area contributed by atoms with Crippen LogP contribution in [0.3, 0.4) is 0 Å². The molecule has 26 heavy (non-hydrogen) atoms. The standard InChI is InChI=1S/C25H21F/c1-16-14-19-9-12-22-21-5-3-2-4-17(21)8-13-23(22)25(19)24(15-16)18-6-10-20(26)11-7-18/h3,5-7,9-12,14-15H,2,4,8,13H2,1H3. The lowest BCUT2D eigenvalue weighted by Gasteiger charge is -2.26. The lowest BCUT2D eigenvalue weighted by Crippen LogP contribution is -2.07. The van der Waals surface area contributed by atoms with E-state index in [-0.39, 0.29) is 5.82 Å². The summed E-state index contributed by atoms with van der Waals surface area (Å²) in [6, 6.07) is 16.0. The monoisotopic (exact) mass is 340 g/mol. The number of hydrogen-bond donors (Lipinski definition) is 0. The molecule has 0 saturated carbocycles. The van der Waals surface area contributed by atoms with Gasteiger partial charge in [0.1, 0.15) is 5.82 Å². The van der Waals surface area contributed by atoms with Gasteiger partial charge < -0.3 is 0 Å². The maximum atomic E-state index is 13.4. The molecule has 0 unspecified atom stereocenters. The smallest absolute Gasteiger partial charge is 0.123 e. The first-order valence-electron chi connectivity index (χ1n) is 9.42. The van der Waals surface area contributed by atoms with Crippen molar-refractivity contribution in [1.29, 1.82) is 0 Å². The minimum absolute atomic E-state index is 0.185. The number of hydrogen-bond acceptors (Lipinski definition) is 0. The Hall–Kier alpha value is -2.67. The van der Waals surface area contributed by atoms with Crippen LogP contribution in [0.4, 0.5) is 4.39 Å². The van der Waals surface area contributed by atoms with Gasteiger partial charge in [0, 0.05) is 0 Å². The number of benzene rings is 3. The van der Waals surface area contributed by atoms with Gasteiger partial charge in [0.15, 0.2) is 0 Å². The number of aryl methyl sites for hydroxylation is 2. The first kappa shape index (κ1) is 15.6. The summed E-state index contributed by atoms with van der Waals surface area (Å²) in [4.78, 5) is 0. The van der Waals surface area contributed by atoms with Crippen molar-refractivity contribution in [2.24, 2.45) is 0 Å². The largest absolute Gasteiger partial charge is 0.207 e. The van der Waals surface area contributed by atoms with Gasteiger partial charge in [0.05, 0.1) is 0 Å². The summed E-state index contributed by atoms with van der Waals surface area (Å²) in [5.74, 6) is -0.185. The van der Waals surface area contributed by atoms with E-state index in [0.29, 0.717) is 0 Å². The fourth-order valence-corrected chi connectivity index (χ4v) is 4.59. The number of halogens is 1. The van der Waals surface area contributed by atoms with Crippen LogP contribution in [0.25, 0.3) is 27.5 Å². The molecule has 1 heteroatoms. The summed E-state index contributed by atoms with van der Waals surface area (Å²) in [6.45, 7) is 2.14. The third-order valence-electron chi connectivity index (χ3n) is 5.77. The normalized spacial score (nSPS) is 15.9. The predicted molar refractivity (Wildman–Crippen MR) is 108 cm³/mol. The molecule has 0 atom stereocenters. The number of rotatable bonds is 1. The van der Waals surface area contributed by atoms with E-state index in [1.165, 1.54) is 51.4 Å². The molecular weight excluding hydrogens is 319 g/mol. The highest BCUT2D eigenvalue weighted by Crippen LogP contribution is 2.42. The van der Waals surface area contributed by atoms with Gasteiger partial charge in [-0.15, -0.1) is 0 Å². The van der Waals surface area contributed by atoms with Gasteiger partial charge in [-0.2, -0.15) is 0 Å². The van der Waals surface area contributed by atoms with Crippen molar-refractivity contribution in [2.45, 2.75) is 32.6 Å². The molecule has 2 aliphatic carbocycles. The molecule has 0 amide bonds. The third kappa shape index (κ3) is 2.42. The summed E-state index contributed by atoms with van der Waals surface area (Å²) in [7, 11) is 0. The van der Waals surface area contributed by atoms with E-state index in [4.69, 9.17) is 0 Å². The first-order chi connectivity index (χ1) is 12.7. The fraction of sp³-hybridized carbons (Fsp3) is 0.200. The highest BCUT2D eigenvalue weighted by molar-refractivity contribution is 6.03. The molecule has 0 spiro atoms. The minimum atomic E-state index is -0.185. The van der Waals surface area contributed by atoms with Crippen molar-refractivity contribution in [3.63, 3.8) is 0 Å². The molecule has 0 bridgehead atoms. The van der Waals surface area contributed by atoms with Crippen LogP contribution in [-0.4, -0.2) is 0 Å². The summed E-state index contributed by atoms with van der Waals surface area (Å²) < 4.78 is 13.4. The highest BCUT2D eigenvalue weighted by Gasteiger charge is 2.22. The molecule has 0 aromatic heterocycles. The Morgan fingerprint density at radius 3 is 2.54 bits per heavy atom. The zero-order valence-electron chi connectivity index (χ0n) is 15.0. The zero-order chi connectivity index (χ0) is 17.7. The van der Waals surface area contributed by atoms with E-state index in [9.17, 15) is 4.39 Å². The highest BCUT2D eigenvalue weighted by atomic mass is 19.1. The molecular formula is C25H21F. The van der Waals surface area contributed by atoms with Crippen LogP contribution in [0, 0.1) is 12.7 Å². The molecule has 0 N–H and O–H groups in total. The predicted octanol–water partition coefficient (Wildman–Crippen LogP) is 7.00. The number of fused-ring (bicyclic) bond motifs is 4. The molecule has 0 heterocycles. The van der Waals surface area contributed by atoms with Crippen molar-refractivity contribution in [3.05, 3.63) is 88.8 Å². The molecule has 0 radical (unpaired) electrons. The van der Waals surface area contributed by atoms with E-state index in [1.54, 1.807) is 17.7 Å². The Morgan fingerprint density at radius 2 is 1.69 bits per heavy atom. The van der Waals surface area contributed by atoms with E-state index >= 15 is 0 Å². The molecule has 3 aromatic rings. The Labute approximate surface area is 153 Å². The SMILES string of the molecule is Cc1cc(-c2ccc(F)cc2)c2c3c(ccc2c1)C1=C(CCC=C1)CC3. The molecule has 0 nitrogen and oxygen atoms in total. The Kier molecular flexibility index (Phi) is 3.56. The van der Waals surface area contributed by atoms with Crippen molar-refractivity contribution in [1.82, 2.24) is 0 Å². The summed E-state index contributed by atoms with van der Waals surface area (Å²) in [6.07, 6.45) is 9.23. The van der Waals surface area contributed by atoms with Crippen LogP contribution in [-0.2, 0) is 6.42 Å². The lowest BCUT2D eigenvalue weighted by atomic mass is 9.78. The first-order valence-corrected chi connectivity index (χ1v) is 9.42. The van der Waals surface area contributed by atoms with Crippen LogP contribution in [0.5, 0.6) is 0 Å². The zero-order valence-corrected chi connectivity index (χ0v) is 15.0. The van der Waals surface area contributed by atoms with E-state index < -0.39 is 0 Å². The topological polar surface area (TPSA) is 0 Å². The summed E-state index contributed by atoms with van der Waals surface area (Å²) >= 11 is 0. The van der Waals surface area contributed by atoms with Gasteiger partial charge >= 0.3 is 0 Å². The Morgan fingerprint density at radius 1 is 0.846 bits per heavy atom. The second-order valence-electron chi connectivity index (χ2n) is 7.47. The van der Waals surface area contributed by atoms with Crippen molar-refractivity contribution < 1.29 is 4.39 Å². The molecule has 0 fully saturated rings. The van der Waals surface area contributed by atoms with Gasteiger partial charge in [-0.05, 0) is 88.9 Å². The van der Waals surface area contributed by atoms with Crippen LogP contribution in [0.2, 0.25) is 0 Å². The lowest BCUT2D eigenvalue weighted by molar-refractivity contribution is 0.628. The van der Waals surface area contributed by atoms with Gasteiger partial charge in [-0.1, -0.05) is 54.1 Å². The van der Waals surface area contributed by atoms with E-state index in [1.807, 2.05) is 12.1 Å². The Bertz CT molecular complexity index is 1080. The van der Waals surface area contributed by atoms with Crippen LogP contribution >= 0.6 is 0 Å². The van der Waals surface area contributed by atoms with E-state index in [2.05, 4.69) is 43.3 Å². The molecule has 2 aliphatic rings. The minimum Gasteiger partial charge on any atom is -0.207 e. The molecule has 3 aromatic carbocycles. The van der Waals surface area contributed by atoms with Crippen molar-refractivity contribution >= 4 is 16.3 Å². The van der Waals surface area contributed by atoms with Crippen LogP contribution in [0.15, 0.2) is 66.3 Å². The quantitative estimate of drug-likeness (QED) is 0.447. The van der Waals surface area contributed by atoms with Crippen LogP contribution in [0.1, 0.15) is 36.0 Å². The molecule has 128 valence electrons. The van der Waals surface area contributed by atoms with Crippen LogP contribution < -0.4 is 0 Å². The fourth-order valence-electron chi connectivity index (χ4n) is 4.59. The average Bonchev–Trinajstić information content (AvgIpc) is 2.67. The van der Waals surface area contributed by atoms with E-state index in [0.717, 1.165) is 18.4 Å².